The van der Waals surface area contributed by atoms with Gasteiger partial charge >= 0.3 is 0 Å². The number of aryl methyl sites for hydroxylation is 1. The molecule has 0 fully saturated rings. The van der Waals surface area contributed by atoms with E-state index in [0.717, 1.165) is 16.7 Å². The SMILES string of the molecule is Cc1cc2cc(NS(=O)(=O)c3ccc(Cl)s3)ccc2nc1O. The first kappa shape index (κ1) is 15.1. The summed E-state index contributed by atoms with van der Waals surface area (Å²) in [4.78, 5) is 4.04. The molecule has 0 radical (unpaired) electrons. The van der Waals surface area contributed by atoms with E-state index in [4.69, 9.17) is 11.6 Å². The molecular formula is C14H11ClN2O3S2. The summed E-state index contributed by atoms with van der Waals surface area (Å²) >= 11 is 6.77. The van der Waals surface area contributed by atoms with Crippen LogP contribution in [0.2, 0.25) is 4.34 Å². The van der Waals surface area contributed by atoms with Gasteiger partial charge in [-0.3, -0.25) is 4.72 Å². The summed E-state index contributed by atoms with van der Waals surface area (Å²) in [6, 6.07) is 9.65. The van der Waals surface area contributed by atoms with Crippen LogP contribution in [0.3, 0.4) is 0 Å². The van der Waals surface area contributed by atoms with Gasteiger partial charge in [-0.2, -0.15) is 0 Å². The molecule has 0 spiro atoms. The Kier molecular flexibility index (Phi) is 3.72. The molecule has 0 unspecified atom stereocenters. The average Bonchev–Trinajstić information content (AvgIpc) is 2.88. The van der Waals surface area contributed by atoms with E-state index < -0.39 is 10.0 Å². The second-order valence-corrected chi connectivity index (χ2v) is 8.32. The fraction of sp³-hybridized carbons (Fsp3) is 0.0714. The van der Waals surface area contributed by atoms with Crippen LogP contribution in [0.4, 0.5) is 5.69 Å². The van der Waals surface area contributed by atoms with Crippen LogP contribution in [0, 0.1) is 6.92 Å². The van der Waals surface area contributed by atoms with Crippen molar-refractivity contribution in [2.45, 2.75) is 11.1 Å². The van der Waals surface area contributed by atoms with Gasteiger partial charge in [-0.25, -0.2) is 13.4 Å². The molecule has 114 valence electrons. The topological polar surface area (TPSA) is 79.3 Å². The van der Waals surface area contributed by atoms with E-state index in [1.807, 2.05) is 0 Å². The molecule has 0 aliphatic rings. The lowest BCUT2D eigenvalue weighted by Crippen LogP contribution is -2.11. The molecule has 2 N–H and O–H groups in total. The van der Waals surface area contributed by atoms with Gasteiger partial charge in [0, 0.05) is 16.6 Å². The van der Waals surface area contributed by atoms with Crippen molar-refractivity contribution < 1.29 is 13.5 Å². The summed E-state index contributed by atoms with van der Waals surface area (Å²) in [5, 5.41) is 10.3. The van der Waals surface area contributed by atoms with Crippen LogP contribution in [-0.2, 0) is 10.0 Å². The molecule has 8 heteroatoms. The van der Waals surface area contributed by atoms with Crippen molar-refractivity contribution >= 4 is 49.6 Å². The van der Waals surface area contributed by atoms with Crippen LogP contribution in [-0.4, -0.2) is 18.5 Å². The number of rotatable bonds is 3. The number of sulfonamides is 1. The molecule has 1 aromatic carbocycles. The minimum absolute atomic E-state index is 0.0333. The lowest BCUT2D eigenvalue weighted by atomic mass is 10.1. The number of aromatic nitrogens is 1. The minimum Gasteiger partial charge on any atom is -0.493 e. The van der Waals surface area contributed by atoms with E-state index in [1.54, 1.807) is 31.2 Å². The van der Waals surface area contributed by atoms with E-state index in [9.17, 15) is 13.5 Å². The van der Waals surface area contributed by atoms with Crippen LogP contribution in [0.1, 0.15) is 5.56 Å². The number of nitrogens with zero attached hydrogens (tertiary/aromatic N) is 1. The van der Waals surface area contributed by atoms with E-state index in [0.29, 0.717) is 21.1 Å². The van der Waals surface area contributed by atoms with Crippen LogP contribution >= 0.6 is 22.9 Å². The van der Waals surface area contributed by atoms with Crippen molar-refractivity contribution in [1.82, 2.24) is 4.98 Å². The Morgan fingerprint density at radius 3 is 2.68 bits per heavy atom. The molecule has 0 atom stereocenters. The highest BCUT2D eigenvalue weighted by Crippen LogP contribution is 2.28. The number of pyridine rings is 1. The Morgan fingerprint density at radius 2 is 2.00 bits per heavy atom. The molecule has 3 aromatic rings. The van der Waals surface area contributed by atoms with Crippen LogP contribution in [0.5, 0.6) is 5.88 Å². The first-order valence-corrected chi connectivity index (χ1v) is 8.91. The van der Waals surface area contributed by atoms with Crippen molar-refractivity contribution in [1.29, 1.82) is 0 Å². The number of benzene rings is 1. The van der Waals surface area contributed by atoms with Crippen molar-refractivity contribution in [2.24, 2.45) is 0 Å². The maximum absolute atomic E-state index is 12.3. The largest absolute Gasteiger partial charge is 0.493 e. The molecule has 0 aliphatic carbocycles. The van der Waals surface area contributed by atoms with Gasteiger partial charge in [-0.05, 0) is 43.3 Å². The number of nitrogens with one attached hydrogen (secondary N) is 1. The molecule has 0 saturated carbocycles. The second-order valence-electron chi connectivity index (χ2n) is 4.70. The number of hydrogen-bond donors (Lipinski definition) is 2. The third-order valence-corrected chi connectivity index (χ3v) is 6.15. The molecule has 2 aromatic heterocycles. The molecule has 2 heterocycles. The van der Waals surface area contributed by atoms with Gasteiger partial charge in [0.05, 0.1) is 9.85 Å². The fourth-order valence-electron chi connectivity index (χ4n) is 1.98. The van der Waals surface area contributed by atoms with E-state index in [2.05, 4.69) is 9.71 Å². The molecule has 0 aliphatic heterocycles. The lowest BCUT2D eigenvalue weighted by molar-refractivity contribution is 0.451. The summed E-state index contributed by atoms with van der Waals surface area (Å²) in [5.41, 5.74) is 1.63. The molecule has 0 bridgehead atoms. The quantitative estimate of drug-likeness (QED) is 0.750. The zero-order valence-electron chi connectivity index (χ0n) is 11.4. The Balaban J connectivity index is 1.99. The van der Waals surface area contributed by atoms with E-state index in [-0.39, 0.29) is 10.1 Å². The van der Waals surface area contributed by atoms with E-state index >= 15 is 0 Å². The van der Waals surface area contributed by atoms with Crippen molar-refractivity contribution in [3.05, 3.63) is 46.3 Å². The Hall–Kier alpha value is -1.83. The smallest absolute Gasteiger partial charge is 0.271 e. The van der Waals surface area contributed by atoms with Gasteiger partial charge in [0.25, 0.3) is 10.0 Å². The predicted octanol–water partition coefficient (Wildman–Crippen LogP) is 3.76. The van der Waals surface area contributed by atoms with Crippen molar-refractivity contribution in [3.63, 3.8) is 0 Å². The van der Waals surface area contributed by atoms with Crippen LogP contribution < -0.4 is 4.72 Å². The predicted molar refractivity (Wildman–Crippen MR) is 88.3 cm³/mol. The zero-order chi connectivity index (χ0) is 15.9. The average molecular weight is 355 g/mol. The summed E-state index contributed by atoms with van der Waals surface area (Å²) in [6.07, 6.45) is 0. The van der Waals surface area contributed by atoms with Crippen molar-refractivity contribution in [3.8, 4) is 5.88 Å². The highest BCUT2D eigenvalue weighted by atomic mass is 35.5. The first-order valence-electron chi connectivity index (χ1n) is 6.24. The summed E-state index contributed by atoms with van der Waals surface area (Å²) in [7, 11) is -3.67. The van der Waals surface area contributed by atoms with Gasteiger partial charge in [-0.15, -0.1) is 11.3 Å². The Labute approximate surface area is 136 Å². The monoisotopic (exact) mass is 354 g/mol. The van der Waals surface area contributed by atoms with Gasteiger partial charge in [-0.1, -0.05) is 11.6 Å². The van der Waals surface area contributed by atoms with Crippen LogP contribution in [0.25, 0.3) is 10.9 Å². The van der Waals surface area contributed by atoms with Crippen molar-refractivity contribution in [2.75, 3.05) is 4.72 Å². The molecule has 0 amide bonds. The van der Waals surface area contributed by atoms with Gasteiger partial charge < -0.3 is 5.11 Å². The second kappa shape index (κ2) is 5.42. The minimum atomic E-state index is -3.67. The normalized spacial score (nSPS) is 11.7. The molecular weight excluding hydrogens is 344 g/mol. The third-order valence-electron chi connectivity index (χ3n) is 3.04. The summed E-state index contributed by atoms with van der Waals surface area (Å²) < 4.78 is 27.6. The van der Waals surface area contributed by atoms with Gasteiger partial charge in [0.2, 0.25) is 5.88 Å². The number of hydrogen-bond acceptors (Lipinski definition) is 5. The molecule has 5 nitrogen and oxygen atoms in total. The zero-order valence-corrected chi connectivity index (χ0v) is 13.8. The standard InChI is InChI=1S/C14H11ClN2O3S2/c1-8-6-9-7-10(2-3-11(9)16-14(8)18)17-22(19,20)13-5-4-12(15)21-13/h2-7,17H,1H3,(H,16,18). The summed E-state index contributed by atoms with van der Waals surface area (Å²) in [6.45, 7) is 1.73. The molecule has 0 saturated heterocycles. The Bertz CT molecular complexity index is 967. The number of thiophene rings is 1. The van der Waals surface area contributed by atoms with Gasteiger partial charge in [0.15, 0.2) is 0 Å². The highest BCUT2D eigenvalue weighted by molar-refractivity contribution is 7.94. The van der Waals surface area contributed by atoms with Gasteiger partial charge in [0.1, 0.15) is 4.21 Å². The number of anilines is 1. The van der Waals surface area contributed by atoms with E-state index in [1.165, 1.54) is 12.1 Å². The maximum atomic E-state index is 12.3. The number of halogens is 1. The summed E-state index contributed by atoms with van der Waals surface area (Å²) in [5.74, 6) is -0.0333. The number of aromatic hydroxyl groups is 1. The lowest BCUT2D eigenvalue weighted by Gasteiger charge is -2.08. The maximum Gasteiger partial charge on any atom is 0.271 e. The first-order chi connectivity index (χ1) is 10.3. The third kappa shape index (κ3) is 2.87. The highest BCUT2D eigenvalue weighted by Gasteiger charge is 2.17. The molecule has 3 rings (SSSR count). The molecule has 22 heavy (non-hydrogen) atoms. The Morgan fingerprint density at radius 1 is 1.23 bits per heavy atom. The van der Waals surface area contributed by atoms with Crippen LogP contribution in [0.15, 0.2) is 40.6 Å². The fourth-order valence-corrected chi connectivity index (χ4v) is 4.52. The number of fused-ring (bicyclic) bond motifs is 1.